The molecule has 3 saturated heterocycles. The second-order valence-electron chi connectivity index (χ2n) is 14.4. The maximum atomic E-state index is 13.8. The predicted octanol–water partition coefficient (Wildman–Crippen LogP) is 4.67. The van der Waals surface area contributed by atoms with Crippen LogP contribution in [0.3, 0.4) is 0 Å². The van der Waals surface area contributed by atoms with Crippen LogP contribution in [0.25, 0.3) is 28.1 Å². The van der Waals surface area contributed by atoms with Crippen molar-refractivity contribution in [2.24, 2.45) is 23.5 Å². The predicted molar refractivity (Wildman–Crippen MR) is 171 cm³/mol. The van der Waals surface area contributed by atoms with Gasteiger partial charge in [-0.1, -0.05) is 0 Å². The second kappa shape index (κ2) is 9.78. The van der Waals surface area contributed by atoms with Gasteiger partial charge in [0.2, 0.25) is 0 Å². The number of nitrogens with two attached hydrogens (primary N) is 1. The SMILES string of the molecule is COc1cc(C(=O)N2[C@H]3CC[C@@H]2[C@H](N)C3)cc2nc(-c3cc4ccc(C5[C@@H]6CC[C@@H](C6)CS5(=O)=O)nc4n3CC3CC3)c(C)n12. The third kappa shape index (κ3) is 4.22. The lowest BCUT2D eigenvalue weighted by atomic mass is 9.97. The molecule has 5 fully saturated rings. The van der Waals surface area contributed by atoms with Gasteiger partial charge in [-0.3, -0.25) is 9.20 Å². The molecule has 0 aromatic carbocycles. The number of aromatic nitrogens is 4. The van der Waals surface area contributed by atoms with E-state index in [2.05, 4.69) is 10.6 Å². The Labute approximate surface area is 262 Å². The van der Waals surface area contributed by atoms with Gasteiger partial charge in [0.05, 0.1) is 29.9 Å². The molecule has 9 rings (SSSR count). The highest BCUT2D eigenvalue weighted by molar-refractivity contribution is 7.91. The van der Waals surface area contributed by atoms with E-state index in [9.17, 15) is 13.2 Å². The first-order valence-corrected chi connectivity index (χ1v) is 18.3. The molecule has 5 aliphatic rings. The highest BCUT2D eigenvalue weighted by atomic mass is 32.2. The molecule has 2 saturated carbocycles. The molecule has 4 aromatic rings. The van der Waals surface area contributed by atoms with Crippen molar-refractivity contribution in [3.05, 3.63) is 47.3 Å². The maximum absolute atomic E-state index is 13.8. The van der Waals surface area contributed by atoms with Crippen LogP contribution in [0.15, 0.2) is 30.3 Å². The topological polar surface area (TPSA) is 125 Å². The van der Waals surface area contributed by atoms with Crippen LogP contribution in [0.5, 0.6) is 5.88 Å². The normalized spacial score (nSPS) is 30.2. The molecule has 236 valence electrons. The largest absolute Gasteiger partial charge is 0.482 e. The van der Waals surface area contributed by atoms with Crippen molar-refractivity contribution in [1.29, 1.82) is 0 Å². The summed E-state index contributed by atoms with van der Waals surface area (Å²) in [4.78, 5) is 26.0. The summed E-state index contributed by atoms with van der Waals surface area (Å²) in [7, 11) is -1.62. The number of ether oxygens (including phenoxy) is 1. The highest BCUT2D eigenvalue weighted by Gasteiger charge is 2.48. The number of hydrogen-bond donors (Lipinski definition) is 1. The quantitative estimate of drug-likeness (QED) is 0.329. The molecule has 0 radical (unpaired) electrons. The van der Waals surface area contributed by atoms with Crippen molar-refractivity contribution in [1.82, 2.24) is 23.8 Å². The molecule has 11 heteroatoms. The minimum Gasteiger partial charge on any atom is -0.482 e. The number of aryl methyl sites for hydroxylation is 1. The number of carbonyl (C=O) groups is 1. The Morgan fingerprint density at radius 1 is 1.04 bits per heavy atom. The molecular weight excluding hydrogens is 588 g/mol. The molecule has 45 heavy (non-hydrogen) atoms. The molecule has 7 heterocycles. The third-order valence-corrected chi connectivity index (χ3v) is 13.8. The summed E-state index contributed by atoms with van der Waals surface area (Å²) in [5, 5.41) is 0.456. The number of methoxy groups -OCH3 is 1. The molecular formula is C34H40N6O4S. The van der Waals surface area contributed by atoms with Crippen LogP contribution in [-0.4, -0.2) is 69.1 Å². The average Bonchev–Trinajstić information content (AvgIpc) is 3.29. The van der Waals surface area contributed by atoms with Gasteiger partial charge < -0.3 is 19.9 Å². The number of rotatable bonds is 6. The fourth-order valence-electron chi connectivity index (χ4n) is 9.22. The number of nitrogens with zero attached hydrogens (tertiary/aromatic N) is 5. The number of carbonyl (C=O) groups excluding carboxylic acids is 1. The van der Waals surface area contributed by atoms with Crippen molar-refractivity contribution in [2.45, 2.75) is 88.2 Å². The fourth-order valence-corrected chi connectivity index (χ4v) is 11.7. The minimum atomic E-state index is -3.24. The zero-order chi connectivity index (χ0) is 30.8. The van der Waals surface area contributed by atoms with Crippen LogP contribution in [0.4, 0.5) is 0 Å². The Morgan fingerprint density at radius 3 is 2.62 bits per heavy atom. The number of amides is 1. The van der Waals surface area contributed by atoms with E-state index in [1.165, 1.54) is 12.8 Å². The lowest BCUT2D eigenvalue weighted by molar-refractivity contribution is 0.0726. The van der Waals surface area contributed by atoms with Gasteiger partial charge in [0.1, 0.15) is 22.2 Å². The van der Waals surface area contributed by atoms with E-state index in [1.807, 2.05) is 40.5 Å². The summed E-state index contributed by atoms with van der Waals surface area (Å²) < 4.78 is 36.9. The summed E-state index contributed by atoms with van der Waals surface area (Å²) in [5.74, 6) is 1.86. The third-order valence-electron chi connectivity index (χ3n) is 11.5. The van der Waals surface area contributed by atoms with Gasteiger partial charge in [0.25, 0.3) is 5.91 Å². The Morgan fingerprint density at radius 2 is 1.89 bits per heavy atom. The number of pyridine rings is 2. The molecule has 2 N–H and O–H groups in total. The Kier molecular flexibility index (Phi) is 6.05. The van der Waals surface area contributed by atoms with E-state index >= 15 is 0 Å². The number of sulfone groups is 1. The van der Waals surface area contributed by atoms with E-state index in [1.54, 1.807) is 7.11 Å². The summed E-state index contributed by atoms with van der Waals surface area (Å²) in [6.45, 7) is 2.84. The summed E-state index contributed by atoms with van der Waals surface area (Å²) in [5.41, 5.74) is 11.8. The first kappa shape index (κ1) is 27.8. The van der Waals surface area contributed by atoms with Crippen molar-refractivity contribution >= 4 is 32.4 Å². The van der Waals surface area contributed by atoms with Crippen molar-refractivity contribution in [3.8, 4) is 17.3 Å². The van der Waals surface area contributed by atoms with Crippen LogP contribution in [0.1, 0.15) is 78.4 Å². The van der Waals surface area contributed by atoms with Gasteiger partial charge >= 0.3 is 0 Å². The van der Waals surface area contributed by atoms with Crippen molar-refractivity contribution in [3.63, 3.8) is 0 Å². The molecule has 1 unspecified atom stereocenters. The molecule has 4 bridgehead atoms. The molecule has 1 amide bonds. The Balaban J connectivity index is 1.16. The number of fused-ring (bicyclic) bond motifs is 6. The van der Waals surface area contributed by atoms with Crippen LogP contribution in [-0.2, 0) is 16.4 Å². The zero-order valence-electron chi connectivity index (χ0n) is 25.9. The van der Waals surface area contributed by atoms with Crippen LogP contribution in [0, 0.1) is 24.7 Å². The number of hydrogen-bond acceptors (Lipinski definition) is 7. The lowest BCUT2D eigenvalue weighted by Gasteiger charge is -2.28. The zero-order valence-corrected chi connectivity index (χ0v) is 26.7. The van der Waals surface area contributed by atoms with Crippen LogP contribution < -0.4 is 10.5 Å². The maximum Gasteiger partial charge on any atom is 0.254 e. The van der Waals surface area contributed by atoms with E-state index in [0.29, 0.717) is 34.6 Å². The van der Waals surface area contributed by atoms with Gasteiger partial charge in [-0.2, -0.15) is 0 Å². The van der Waals surface area contributed by atoms with Gasteiger partial charge in [-0.15, -0.1) is 0 Å². The van der Waals surface area contributed by atoms with E-state index in [-0.39, 0.29) is 35.7 Å². The highest BCUT2D eigenvalue weighted by Crippen LogP contribution is 2.49. The van der Waals surface area contributed by atoms with Crippen LogP contribution >= 0.6 is 0 Å². The van der Waals surface area contributed by atoms with Crippen molar-refractivity contribution < 1.29 is 17.9 Å². The van der Waals surface area contributed by atoms with E-state index < -0.39 is 15.1 Å². The summed E-state index contributed by atoms with van der Waals surface area (Å²) >= 11 is 0. The summed E-state index contributed by atoms with van der Waals surface area (Å²) in [6.07, 6.45) is 8.11. The standard InChI is InChI=1S/C34H40N6O4S/c1-18-31(37-29-13-23(14-30(44-2)39(18)29)34(41)40-24-8-10-27(40)25(35)15-24)28-12-22-7-9-26(36-33(22)38(28)16-19-3-4-19)32-21-6-5-20(11-21)17-45(32,42)43/h7,9,12-14,19-21,24-25,27,32H,3-6,8,10-11,15-17,35H2,1-2H3/t20-,21+,24-,25+,27+,32?/m0/s1. The fraction of sp³-hybridized carbons (Fsp3) is 0.559. The summed E-state index contributed by atoms with van der Waals surface area (Å²) in [6, 6.07) is 10.1. The average molecular weight is 629 g/mol. The van der Waals surface area contributed by atoms with E-state index in [4.69, 9.17) is 20.4 Å². The molecule has 0 spiro atoms. The Bertz CT molecular complexity index is 1990. The molecule has 4 aromatic heterocycles. The molecule has 6 atom stereocenters. The number of imidazole rings is 1. The molecule has 3 aliphatic heterocycles. The molecule has 10 nitrogen and oxygen atoms in total. The smallest absolute Gasteiger partial charge is 0.254 e. The monoisotopic (exact) mass is 628 g/mol. The first-order valence-electron chi connectivity index (χ1n) is 16.6. The van der Waals surface area contributed by atoms with Crippen molar-refractivity contribution in [2.75, 3.05) is 12.9 Å². The molecule has 2 aliphatic carbocycles. The second-order valence-corrected chi connectivity index (χ2v) is 16.5. The van der Waals surface area contributed by atoms with Gasteiger partial charge in [-0.25, -0.2) is 18.4 Å². The minimum absolute atomic E-state index is 0.00993. The van der Waals surface area contributed by atoms with Gasteiger partial charge in [-0.05, 0) is 100 Å². The lowest BCUT2D eigenvalue weighted by Crippen LogP contribution is -2.40. The van der Waals surface area contributed by atoms with E-state index in [0.717, 1.165) is 73.2 Å². The Hall–Kier alpha value is -3.44. The van der Waals surface area contributed by atoms with Gasteiger partial charge in [0.15, 0.2) is 15.7 Å². The first-order chi connectivity index (χ1) is 21.7. The van der Waals surface area contributed by atoms with Crippen LogP contribution in [0.2, 0.25) is 0 Å². The van der Waals surface area contributed by atoms with Gasteiger partial charge in [0, 0.05) is 41.7 Å².